The van der Waals surface area contributed by atoms with Gasteiger partial charge in [0.05, 0.1) is 6.54 Å². The summed E-state index contributed by atoms with van der Waals surface area (Å²) in [7, 11) is 1.59. The normalized spacial score (nSPS) is 10.7. The highest BCUT2D eigenvalue weighted by Gasteiger charge is 2.22. The first-order chi connectivity index (χ1) is 12.0. The first-order valence-corrected chi connectivity index (χ1v) is 8.06. The molecule has 5 nitrogen and oxygen atoms in total. The molecule has 1 aromatic heterocycles. The van der Waals surface area contributed by atoms with Gasteiger partial charge in [-0.2, -0.15) is 0 Å². The number of para-hydroxylation sites is 1. The van der Waals surface area contributed by atoms with Crippen molar-refractivity contribution in [3.63, 3.8) is 0 Å². The SMILES string of the molecule is Cc1ccc(NC(=O)CN(C)C(=O)c2oc3ccccc3c2C)cc1. The molecule has 0 radical (unpaired) electrons. The van der Waals surface area contributed by atoms with Crippen molar-refractivity contribution in [1.29, 1.82) is 0 Å². The first-order valence-electron chi connectivity index (χ1n) is 8.06. The molecule has 0 saturated carbocycles. The van der Waals surface area contributed by atoms with Crippen LogP contribution >= 0.6 is 0 Å². The number of carbonyl (C=O) groups excluding carboxylic acids is 2. The molecule has 1 N–H and O–H groups in total. The fraction of sp³-hybridized carbons (Fsp3) is 0.200. The van der Waals surface area contributed by atoms with Crippen molar-refractivity contribution >= 4 is 28.5 Å². The number of hydrogen-bond acceptors (Lipinski definition) is 3. The van der Waals surface area contributed by atoms with Crippen molar-refractivity contribution in [1.82, 2.24) is 4.90 Å². The van der Waals surface area contributed by atoms with Gasteiger partial charge in [-0.05, 0) is 32.0 Å². The third-order valence-corrected chi connectivity index (χ3v) is 4.10. The third-order valence-electron chi connectivity index (χ3n) is 4.10. The van der Waals surface area contributed by atoms with Gasteiger partial charge in [0.1, 0.15) is 5.58 Å². The van der Waals surface area contributed by atoms with Crippen LogP contribution in [-0.2, 0) is 4.79 Å². The first kappa shape index (κ1) is 16.8. The highest BCUT2D eigenvalue weighted by molar-refractivity contribution is 6.01. The van der Waals surface area contributed by atoms with Crippen molar-refractivity contribution < 1.29 is 14.0 Å². The number of aryl methyl sites for hydroxylation is 2. The molecule has 0 bridgehead atoms. The van der Waals surface area contributed by atoms with Gasteiger partial charge in [0.15, 0.2) is 5.76 Å². The molecule has 0 unspecified atom stereocenters. The topological polar surface area (TPSA) is 62.6 Å². The second-order valence-corrected chi connectivity index (χ2v) is 6.13. The van der Waals surface area contributed by atoms with E-state index in [4.69, 9.17) is 4.42 Å². The van der Waals surface area contributed by atoms with Gasteiger partial charge < -0.3 is 14.6 Å². The maximum Gasteiger partial charge on any atom is 0.290 e. The van der Waals surface area contributed by atoms with Crippen LogP contribution in [0.3, 0.4) is 0 Å². The molecule has 5 heteroatoms. The number of amides is 2. The highest BCUT2D eigenvalue weighted by Crippen LogP contribution is 2.25. The molecule has 0 aliphatic heterocycles. The van der Waals surface area contributed by atoms with E-state index in [1.807, 2.05) is 62.4 Å². The number of rotatable bonds is 4. The van der Waals surface area contributed by atoms with Crippen LogP contribution in [0.15, 0.2) is 52.9 Å². The zero-order chi connectivity index (χ0) is 18.0. The zero-order valence-electron chi connectivity index (χ0n) is 14.5. The summed E-state index contributed by atoms with van der Waals surface area (Å²) in [6.45, 7) is 3.77. The molecule has 128 valence electrons. The van der Waals surface area contributed by atoms with E-state index in [1.165, 1.54) is 4.90 Å². The summed E-state index contributed by atoms with van der Waals surface area (Å²) in [6, 6.07) is 15.0. The number of likely N-dealkylation sites (N-methyl/N-ethyl adjacent to an activating group) is 1. The van der Waals surface area contributed by atoms with E-state index in [1.54, 1.807) is 7.05 Å². The fourth-order valence-corrected chi connectivity index (χ4v) is 2.68. The number of carbonyl (C=O) groups is 2. The Bertz CT molecular complexity index is 926. The molecule has 0 atom stereocenters. The van der Waals surface area contributed by atoms with E-state index in [0.717, 1.165) is 16.5 Å². The molecule has 2 aromatic carbocycles. The lowest BCUT2D eigenvalue weighted by molar-refractivity contribution is -0.116. The largest absolute Gasteiger partial charge is 0.451 e. The van der Waals surface area contributed by atoms with Crippen LogP contribution in [-0.4, -0.2) is 30.3 Å². The van der Waals surface area contributed by atoms with Crippen LogP contribution < -0.4 is 5.32 Å². The van der Waals surface area contributed by atoms with Crippen LogP contribution in [0.5, 0.6) is 0 Å². The summed E-state index contributed by atoms with van der Waals surface area (Å²) in [5.74, 6) is -0.298. The molecule has 3 rings (SSSR count). The van der Waals surface area contributed by atoms with Crippen LogP contribution in [0, 0.1) is 13.8 Å². The minimum atomic E-state index is -0.312. The van der Waals surface area contributed by atoms with Gasteiger partial charge in [-0.25, -0.2) is 0 Å². The number of nitrogens with zero attached hydrogens (tertiary/aromatic N) is 1. The summed E-state index contributed by atoms with van der Waals surface area (Å²) in [6.07, 6.45) is 0. The van der Waals surface area contributed by atoms with Crippen molar-refractivity contribution in [3.05, 3.63) is 65.4 Å². The maximum absolute atomic E-state index is 12.6. The van der Waals surface area contributed by atoms with E-state index < -0.39 is 0 Å². The van der Waals surface area contributed by atoms with Crippen LogP contribution in [0.1, 0.15) is 21.7 Å². The van der Waals surface area contributed by atoms with E-state index in [0.29, 0.717) is 11.3 Å². The average molecular weight is 336 g/mol. The quantitative estimate of drug-likeness (QED) is 0.789. The van der Waals surface area contributed by atoms with Crippen LogP contribution in [0.2, 0.25) is 0 Å². The van der Waals surface area contributed by atoms with Gasteiger partial charge in [-0.15, -0.1) is 0 Å². The fourth-order valence-electron chi connectivity index (χ4n) is 2.68. The van der Waals surface area contributed by atoms with Gasteiger partial charge in [-0.1, -0.05) is 35.9 Å². The number of nitrogens with one attached hydrogen (secondary N) is 1. The predicted octanol–water partition coefficient (Wildman–Crippen LogP) is 3.76. The number of anilines is 1. The smallest absolute Gasteiger partial charge is 0.290 e. The van der Waals surface area contributed by atoms with Crippen molar-refractivity contribution in [2.45, 2.75) is 13.8 Å². The summed E-state index contributed by atoms with van der Waals surface area (Å²) < 4.78 is 5.67. The van der Waals surface area contributed by atoms with Gasteiger partial charge in [0.2, 0.25) is 5.91 Å². The van der Waals surface area contributed by atoms with Gasteiger partial charge in [0, 0.05) is 23.7 Å². The van der Waals surface area contributed by atoms with E-state index in [2.05, 4.69) is 5.32 Å². The Hall–Kier alpha value is -3.08. The Kier molecular flexibility index (Phi) is 4.57. The molecule has 0 saturated heterocycles. The van der Waals surface area contributed by atoms with E-state index in [-0.39, 0.29) is 24.1 Å². The number of hydrogen-bond donors (Lipinski definition) is 1. The molecular formula is C20H20N2O3. The lowest BCUT2D eigenvalue weighted by Crippen LogP contribution is -2.35. The Morgan fingerprint density at radius 1 is 1.04 bits per heavy atom. The molecular weight excluding hydrogens is 316 g/mol. The number of fused-ring (bicyclic) bond motifs is 1. The second kappa shape index (κ2) is 6.81. The molecule has 0 aliphatic carbocycles. The minimum Gasteiger partial charge on any atom is -0.451 e. The predicted molar refractivity (Wildman–Crippen MR) is 97.7 cm³/mol. The molecule has 0 fully saturated rings. The molecule has 0 spiro atoms. The molecule has 1 heterocycles. The van der Waals surface area contributed by atoms with Gasteiger partial charge >= 0.3 is 0 Å². The number of furan rings is 1. The maximum atomic E-state index is 12.6. The summed E-state index contributed by atoms with van der Waals surface area (Å²) >= 11 is 0. The third kappa shape index (κ3) is 3.55. The minimum absolute atomic E-state index is 0.0524. The Labute approximate surface area is 146 Å². The van der Waals surface area contributed by atoms with Gasteiger partial charge in [0.25, 0.3) is 5.91 Å². The van der Waals surface area contributed by atoms with Gasteiger partial charge in [-0.3, -0.25) is 9.59 Å². The Morgan fingerprint density at radius 2 is 1.72 bits per heavy atom. The van der Waals surface area contributed by atoms with Crippen molar-refractivity contribution in [2.75, 3.05) is 18.9 Å². The van der Waals surface area contributed by atoms with E-state index in [9.17, 15) is 9.59 Å². The molecule has 2 amide bonds. The van der Waals surface area contributed by atoms with Crippen LogP contribution in [0.25, 0.3) is 11.0 Å². The lowest BCUT2D eigenvalue weighted by atomic mass is 10.1. The zero-order valence-corrected chi connectivity index (χ0v) is 14.5. The average Bonchev–Trinajstić information content (AvgIpc) is 2.93. The molecule has 25 heavy (non-hydrogen) atoms. The summed E-state index contributed by atoms with van der Waals surface area (Å²) in [4.78, 5) is 26.1. The second-order valence-electron chi connectivity index (χ2n) is 6.13. The lowest BCUT2D eigenvalue weighted by Gasteiger charge is -2.16. The number of benzene rings is 2. The monoisotopic (exact) mass is 336 g/mol. The summed E-state index contributed by atoms with van der Waals surface area (Å²) in [5.41, 5.74) is 3.27. The summed E-state index contributed by atoms with van der Waals surface area (Å²) in [5, 5.41) is 3.69. The van der Waals surface area contributed by atoms with Crippen molar-refractivity contribution in [3.8, 4) is 0 Å². The Morgan fingerprint density at radius 3 is 2.40 bits per heavy atom. The highest BCUT2D eigenvalue weighted by atomic mass is 16.3. The van der Waals surface area contributed by atoms with Crippen LogP contribution in [0.4, 0.5) is 5.69 Å². The molecule has 3 aromatic rings. The van der Waals surface area contributed by atoms with Crippen molar-refractivity contribution in [2.24, 2.45) is 0 Å². The Balaban J connectivity index is 1.70. The standard InChI is InChI=1S/C20H20N2O3/c1-13-8-10-15(11-9-13)21-18(23)12-22(3)20(24)19-14(2)16-6-4-5-7-17(16)25-19/h4-11H,12H2,1-3H3,(H,21,23). The van der Waals surface area contributed by atoms with E-state index >= 15 is 0 Å². The molecule has 0 aliphatic rings.